The first kappa shape index (κ1) is 16.2. The van der Waals surface area contributed by atoms with Crippen molar-refractivity contribution >= 4 is 5.91 Å². The number of carbonyl (C=O) groups is 1. The number of piperidine rings is 1. The molecule has 1 saturated heterocycles. The van der Waals surface area contributed by atoms with Crippen LogP contribution in [0.25, 0.3) is 11.4 Å². The number of nitrogens with zero attached hydrogens (tertiary/aromatic N) is 5. The van der Waals surface area contributed by atoms with Gasteiger partial charge in [0.05, 0.1) is 0 Å². The van der Waals surface area contributed by atoms with Crippen LogP contribution in [0.2, 0.25) is 0 Å². The number of hydrogen-bond acceptors (Lipinski definition) is 4. The second-order valence-corrected chi connectivity index (χ2v) is 7.39. The number of aryl methyl sites for hydroxylation is 1. The Labute approximate surface area is 148 Å². The molecule has 1 amide bonds. The van der Waals surface area contributed by atoms with Crippen LogP contribution in [0.15, 0.2) is 24.3 Å². The molecule has 4 rings (SSSR count). The molecule has 6 heteroatoms. The fraction of sp³-hybridized carbons (Fsp3) is 0.579. The van der Waals surface area contributed by atoms with Crippen LogP contribution >= 0.6 is 0 Å². The number of tetrazole rings is 1. The molecule has 0 radical (unpaired) electrons. The predicted molar refractivity (Wildman–Crippen MR) is 94.6 cm³/mol. The van der Waals surface area contributed by atoms with Gasteiger partial charge in [-0.25, -0.2) is 0 Å². The maximum absolute atomic E-state index is 12.7. The first-order valence-electron chi connectivity index (χ1n) is 9.32. The Hall–Kier alpha value is -2.24. The SMILES string of the molecule is Cc1ccccc1-c1nnn(CC(=O)N2CC[C@H]3CCCC[C@H]3C2)n1. The summed E-state index contributed by atoms with van der Waals surface area (Å²) in [7, 11) is 0. The molecular formula is C19H25N5O. The molecule has 0 N–H and O–H groups in total. The van der Waals surface area contributed by atoms with Gasteiger partial charge in [-0.1, -0.05) is 43.5 Å². The zero-order chi connectivity index (χ0) is 17.2. The van der Waals surface area contributed by atoms with E-state index in [2.05, 4.69) is 15.4 Å². The number of rotatable bonds is 3. The van der Waals surface area contributed by atoms with Crippen molar-refractivity contribution in [2.45, 2.75) is 45.6 Å². The van der Waals surface area contributed by atoms with Gasteiger partial charge in [0.1, 0.15) is 6.54 Å². The third-order valence-electron chi connectivity index (χ3n) is 5.76. The molecule has 25 heavy (non-hydrogen) atoms. The second kappa shape index (κ2) is 6.94. The highest BCUT2D eigenvalue weighted by Gasteiger charge is 2.33. The average Bonchev–Trinajstić information content (AvgIpc) is 3.10. The van der Waals surface area contributed by atoms with Crippen molar-refractivity contribution in [2.24, 2.45) is 11.8 Å². The van der Waals surface area contributed by atoms with Crippen LogP contribution in [0, 0.1) is 18.8 Å². The van der Waals surface area contributed by atoms with E-state index >= 15 is 0 Å². The topological polar surface area (TPSA) is 63.9 Å². The van der Waals surface area contributed by atoms with Crippen LogP contribution in [-0.2, 0) is 11.3 Å². The van der Waals surface area contributed by atoms with Crippen molar-refractivity contribution in [3.05, 3.63) is 29.8 Å². The Balaban J connectivity index is 1.41. The van der Waals surface area contributed by atoms with Crippen molar-refractivity contribution in [2.75, 3.05) is 13.1 Å². The summed E-state index contributed by atoms with van der Waals surface area (Å²) in [4.78, 5) is 16.1. The Morgan fingerprint density at radius 1 is 1.16 bits per heavy atom. The number of benzene rings is 1. The second-order valence-electron chi connectivity index (χ2n) is 7.39. The monoisotopic (exact) mass is 339 g/mol. The van der Waals surface area contributed by atoms with E-state index in [4.69, 9.17) is 0 Å². The molecule has 1 aliphatic carbocycles. The lowest BCUT2D eigenvalue weighted by Crippen LogP contribution is -2.46. The van der Waals surface area contributed by atoms with Gasteiger partial charge in [0.25, 0.3) is 0 Å². The number of carbonyl (C=O) groups excluding carboxylic acids is 1. The molecule has 0 spiro atoms. The van der Waals surface area contributed by atoms with Crippen molar-refractivity contribution in [3.8, 4) is 11.4 Å². The summed E-state index contributed by atoms with van der Waals surface area (Å²) in [6, 6.07) is 7.95. The fourth-order valence-corrected chi connectivity index (χ4v) is 4.29. The minimum Gasteiger partial charge on any atom is -0.341 e. The van der Waals surface area contributed by atoms with E-state index in [0.717, 1.165) is 36.6 Å². The van der Waals surface area contributed by atoms with E-state index in [1.807, 2.05) is 36.1 Å². The highest BCUT2D eigenvalue weighted by Crippen LogP contribution is 2.36. The first-order chi connectivity index (χ1) is 12.2. The van der Waals surface area contributed by atoms with Gasteiger partial charge >= 0.3 is 0 Å². The Kier molecular flexibility index (Phi) is 4.51. The summed E-state index contributed by atoms with van der Waals surface area (Å²) in [6.45, 7) is 3.98. The summed E-state index contributed by atoms with van der Waals surface area (Å²) in [5, 5.41) is 12.6. The summed E-state index contributed by atoms with van der Waals surface area (Å²) < 4.78 is 0. The van der Waals surface area contributed by atoms with E-state index in [1.165, 1.54) is 30.5 Å². The molecule has 2 aliphatic rings. The minimum atomic E-state index is 0.109. The highest BCUT2D eigenvalue weighted by atomic mass is 16.2. The number of aromatic nitrogens is 4. The molecule has 132 valence electrons. The standard InChI is InChI=1S/C19H25N5O/c1-14-6-2-5-9-17(14)19-20-22-24(21-19)13-18(25)23-11-10-15-7-3-4-8-16(15)12-23/h2,5-6,9,15-16H,3-4,7-8,10-13H2,1H3/t15-,16+/m1/s1. The molecule has 2 heterocycles. The van der Waals surface area contributed by atoms with E-state index in [0.29, 0.717) is 11.7 Å². The maximum Gasteiger partial charge on any atom is 0.246 e. The first-order valence-corrected chi connectivity index (χ1v) is 9.32. The van der Waals surface area contributed by atoms with E-state index in [-0.39, 0.29) is 12.5 Å². The maximum atomic E-state index is 12.7. The summed E-state index contributed by atoms with van der Waals surface area (Å²) >= 11 is 0. The molecule has 1 saturated carbocycles. The lowest BCUT2D eigenvalue weighted by molar-refractivity contribution is -0.135. The van der Waals surface area contributed by atoms with Gasteiger partial charge < -0.3 is 4.90 Å². The molecule has 1 aliphatic heterocycles. The van der Waals surface area contributed by atoms with Crippen LogP contribution in [-0.4, -0.2) is 44.1 Å². The van der Waals surface area contributed by atoms with E-state index in [1.54, 1.807) is 0 Å². The molecule has 2 atom stereocenters. The van der Waals surface area contributed by atoms with Crippen LogP contribution in [0.5, 0.6) is 0 Å². The third kappa shape index (κ3) is 3.43. The molecule has 2 fully saturated rings. The number of fused-ring (bicyclic) bond motifs is 1. The van der Waals surface area contributed by atoms with Crippen LogP contribution in [0.3, 0.4) is 0 Å². The van der Waals surface area contributed by atoms with Crippen molar-refractivity contribution in [3.63, 3.8) is 0 Å². The van der Waals surface area contributed by atoms with Gasteiger partial charge in [-0.3, -0.25) is 4.79 Å². The van der Waals surface area contributed by atoms with Crippen LogP contribution in [0.1, 0.15) is 37.7 Å². The largest absolute Gasteiger partial charge is 0.341 e. The van der Waals surface area contributed by atoms with Crippen LogP contribution in [0.4, 0.5) is 0 Å². The number of likely N-dealkylation sites (tertiary alicyclic amines) is 1. The van der Waals surface area contributed by atoms with Gasteiger partial charge in [-0.05, 0) is 42.4 Å². The molecule has 1 aromatic carbocycles. The highest BCUT2D eigenvalue weighted by molar-refractivity contribution is 5.76. The average molecular weight is 339 g/mol. The predicted octanol–water partition coefficient (Wildman–Crippen LogP) is 2.69. The van der Waals surface area contributed by atoms with Gasteiger partial charge in [-0.2, -0.15) is 4.80 Å². The normalized spacial score (nSPS) is 23.3. The quantitative estimate of drug-likeness (QED) is 0.862. The van der Waals surface area contributed by atoms with Crippen molar-refractivity contribution < 1.29 is 4.79 Å². The molecule has 6 nitrogen and oxygen atoms in total. The molecule has 1 aromatic heterocycles. The fourth-order valence-electron chi connectivity index (χ4n) is 4.29. The van der Waals surface area contributed by atoms with Crippen molar-refractivity contribution in [1.82, 2.24) is 25.1 Å². The number of hydrogen-bond donors (Lipinski definition) is 0. The summed E-state index contributed by atoms with van der Waals surface area (Å²) in [6.07, 6.45) is 6.44. The third-order valence-corrected chi connectivity index (χ3v) is 5.76. The van der Waals surface area contributed by atoms with Gasteiger partial charge in [-0.15, -0.1) is 10.2 Å². The lowest BCUT2D eigenvalue weighted by Gasteiger charge is -2.41. The van der Waals surface area contributed by atoms with Gasteiger partial charge in [0.2, 0.25) is 11.7 Å². The summed E-state index contributed by atoms with van der Waals surface area (Å²) in [5.41, 5.74) is 2.07. The number of amides is 1. The zero-order valence-electron chi connectivity index (χ0n) is 14.8. The van der Waals surface area contributed by atoms with E-state index in [9.17, 15) is 4.79 Å². The molecule has 0 unspecified atom stereocenters. The van der Waals surface area contributed by atoms with Gasteiger partial charge in [0, 0.05) is 18.7 Å². The minimum absolute atomic E-state index is 0.109. The molecule has 2 aromatic rings. The Bertz CT molecular complexity index is 756. The molecule has 0 bridgehead atoms. The molecular weight excluding hydrogens is 314 g/mol. The van der Waals surface area contributed by atoms with Gasteiger partial charge in [0.15, 0.2) is 0 Å². The Morgan fingerprint density at radius 3 is 2.80 bits per heavy atom. The van der Waals surface area contributed by atoms with Crippen LogP contribution < -0.4 is 0 Å². The lowest BCUT2D eigenvalue weighted by atomic mass is 9.75. The Morgan fingerprint density at radius 2 is 1.96 bits per heavy atom. The smallest absolute Gasteiger partial charge is 0.246 e. The van der Waals surface area contributed by atoms with E-state index < -0.39 is 0 Å². The summed E-state index contributed by atoms with van der Waals surface area (Å²) in [5.74, 6) is 2.21. The van der Waals surface area contributed by atoms with Crippen molar-refractivity contribution in [1.29, 1.82) is 0 Å². The zero-order valence-corrected chi connectivity index (χ0v) is 14.8.